The molecule has 20 heavy (non-hydrogen) atoms. The van der Waals surface area contributed by atoms with Crippen molar-refractivity contribution in [1.82, 2.24) is 10.3 Å². The molecule has 4 nitrogen and oxygen atoms in total. The summed E-state index contributed by atoms with van der Waals surface area (Å²) in [5.74, 6) is 1.19. The van der Waals surface area contributed by atoms with Gasteiger partial charge in [-0.15, -0.1) is 0 Å². The number of aromatic nitrogens is 1. The molecule has 0 spiro atoms. The summed E-state index contributed by atoms with van der Waals surface area (Å²) in [4.78, 5) is 4.41. The lowest BCUT2D eigenvalue weighted by Gasteiger charge is -2.10. The fraction of sp³-hybridized carbons (Fsp3) is 0.667. The monoisotopic (exact) mass is 300 g/mol. The lowest BCUT2D eigenvalue weighted by atomic mass is 10.2. The molecule has 0 aliphatic heterocycles. The van der Waals surface area contributed by atoms with Crippen molar-refractivity contribution in [2.45, 2.75) is 33.7 Å². The van der Waals surface area contributed by atoms with Gasteiger partial charge in [0.1, 0.15) is 6.61 Å². The van der Waals surface area contributed by atoms with Crippen LogP contribution in [0, 0.1) is 5.92 Å². The average Bonchev–Trinajstić information content (AvgIpc) is 2.41. The van der Waals surface area contributed by atoms with Gasteiger partial charge < -0.3 is 14.8 Å². The molecule has 0 aromatic carbocycles. The Hall–Kier alpha value is -0.840. The van der Waals surface area contributed by atoms with Gasteiger partial charge in [-0.05, 0) is 24.9 Å². The average molecular weight is 301 g/mol. The van der Waals surface area contributed by atoms with E-state index in [-0.39, 0.29) is 0 Å². The van der Waals surface area contributed by atoms with E-state index in [4.69, 9.17) is 21.1 Å². The van der Waals surface area contributed by atoms with Gasteiger partial charge in [-0.1, -0.05) is 32.4 Å². The summed E-state index contributed by atoms with van der Waals surface area (Å²) in [7, 11) is 0. The molecule has 0 aliphatic rings. The molecule has 0 radical (unpaired) electrons. The first kappa shape index (κ1) is 17.2. The summed E-state index contributed by atoms with van der Waals surface area (Å²) in [5, 5.41) is 3.99. The summed E-state index contributed by atoms with van der Waals surface area (Å²) in [6.07, 6.45) is 1.02. The van der Waals surface area contributed by atoms with E-state index in [1.165, 1.54) is 0 Å². The second-order valence-corrected chi connectivity index (χ2v) is 5.47. The Labute approximate surface area is 126 Å². The topological polar surface area (TPSA) is 43.4 Å². The molecule has 0 atom stereocenters. The van der Waals surface area contributed by atoms with E-state index >= 15 is 0 Å². The minimum atomic E-state index is 0.507. The maximum absolute atomic E-state index is 6.13. The highest BCUT2D eigenvalue weighted by molar-refractivity contribution is 6.31. The molecule has 0 aliphatic carbocycles. The van der Waals surface area contributed by atoms with Crippen molar-refractivity contribution in [1.29, 1.82) is 0 Å². The van der Waals surface area contributed by atoms with Crippen molar-refractivity contribution in [3.8, 4) is 5.88 Å². The van der Waals surface area contributed by atoms with Crippen LogP contribution in [0.3, 0.4) is 0 Å². The molecule has 1 heterocycles. The number of halogens is 1. The highest BCUT2D eigenvalue weighted by Crippen LogP contribution is 2.18. The van der Waals surface area contributed by atoms with E-state index in [1.807, 2.05) is 6.07 Å². The number of rotatable bonds is 10. The van der Waals surface area contributed by atoms with Crippen LogP contribution in [0.1, 0.15) is 32.9 Å². The van der Waals surface area contributed by atoms with Crippen LogP contribution in [-0.2, 0) is 11.3 Å². The summed E-state index contributed by atoms with van der Waals surface area (Å²) in [5.41, 5.74) is 0.819. The summed E-state index contributed by atoms with van der Waals surface area (Å²) in [6, 6.07) is 3.61. The van der Waals surface area contributed by atoms with Gasteiger partial charge in [-0.25, -0.2) is 4.98 Å². The number of hydrogen-bond acceptors (Lipinski definition) is 4. The van der Waals surface area contributed by atoms with Crippen LogP contribution in [0.5, 0.6) is 5.88 Å². The predicted molar refractivity (Wildman–Crippen MR) is 82.4 cm³/mol. The standard InChI is InChI=1S/C15H25ClN2O2/c1-4-7-19-8-9-20-15-6-5-13(16)14(18-15)11-17-10-12(2)3/h5-6,12,17H,4,7-11H2,1-3H3. The highest BCUT2D eigenvalue weighted by Gasteiger charge is 2.05. The minimum absolute atomic E-state index is 0.507. The molecule has 0 unspecified atom stereocenters. The Balaban J connectivity index is 2.40. The zero-order valence-corrected chi connectivity index (χ0v) is 13.4. The largest absolute Gasteiger partial charge is 0.475 e. The molecule has 114 valence electrons. The number of hydrogen-bond donors (Lipinski definition) is 1. The molecule has 1 aromatic heterocycles. The fourth-order valence-corrected chi connectivity index (χ4v) is 1.77. The third-order valence-electron chi connectivity index (χ3n) is 2.56. The van der Waals surface area contributed by atoms with Gasteiger partial charge in [0.05, 0.1) is 17.3 Å². The van der Waals surface area contributed by atoms with E-state index in [0.717, 1.165) is 25.3 Å². The van der Waals surface area contributed by atoms with Crippen LogP contribution in [0.25, 0.3) is 0 Å². The number of nitrogens with one attached hydrogen (secondary N) is 1. The van der Waals surface area contributed by atoms with Gasteiger partial charge in [0.25, 0.3) is 0 Å². The number of pyridine rings is 1. The Kier molecular flexibility index (Phi) is 8.58. The molecule has 1 aromatic rings. The SMILES string of the molecule is CCCOCCOc1ccc(Cl)c(CNCC(C)C)n1. The van der Waals surface area contributed by atoms with Gasteiger partial charge in [-0.2, -0.15) is 0 Å². The Morgan fingerprint density at radius 2 is 2.05 bits per heavy atom. The summed E-state index contributed by atoms with van der Waals surface area (Å²) >= 11 is 6.13. The van der Waals surface area contributed by atoms with Crippen LogP contribution in [0.2, 0.25) is 5.02 Å². The van der Waals surface area contributed by atoms with Crippen molar-refractivity contribution < 1.29 is 9.47 Å². The van der Waals surface area contributed by atoms with Crippen molar-refractivity contribution in [2.75, 3.05) is 26.4 Å². The van der Waals surface area contributed by atoms with Crippen LogP contribution in [-0.4, -0.2) is 31.3 Å². The van der Waals surface area contributed by atoms with Crippen LogP contribution in [0.4, 0.5) is 0 Å². The molecule has 0 bridgehead atoms. The molecule has 1 N–H and O–H groups in total. The van der Waals surface area contributed by atoms with E-state index in [0.29, 0.717) is 36.6 Å². The molecular weight excluding hydrogens is 276 g/mol. The second-order valence-electron chi connectivity index (χ2n) is 5.06. The minimum Gasteiger partial charge on any atom is -0.475 e. The molecule has 5 heteroatoms. The molecular formula is C15H25ClN2O2. The maximum atomic E-state index is 6.13. The zero-order chi connectivity index (χ0) is 14.8. The fourth-order valence-electron chi connectivity index (χ4n) is 1.60. The second kappa shape index (κ2) is 9.97. The van der Waals surface area contributed by atoms with E-state index in [2.05, 4.69) is 31.1 Å². The normalized spacial score (nSPS) is 11.1. The van der Waals surface area contributed by atoms with Crippen LogP contribution >= 0.6 is 11.6 Å². The van der Waals surface area contributed by atoms with Gasteiger partial charge in [-0.3, -0.25) is 0 Å². The van der Waals surface area contributed by atoms with Gasteiger partial charge in [0, 0.05) is 19.2 Å². The quantitative estimate of drug-likeness (QED) is 0.673. The zero-order valence-electron chi connectivity index (χ0n) is 12.6. The van der Waals surface area contributed by atoms with Gasteiger partial charge in [0.2, 0.25) is 5.88 Å². The van der Waals surface area contributed by atoms with E-state index in [1.54, 1.807) is 6.07 Å². The lowest BCUT2D eigenvalue weighted by molar-refractivity contribution is 0.0989. The van der Waals surface area contributed by atoms with E-state index < -0.39 is 0 Å². The van der Waals surface area contributed by atoms with Gasteiger partial charge in [0.15, 0.2) is 0 Å². The molecule has 1 rings (SSSR count). The van der Waals surface area contributed by atoms with Crippen LogP contribution < -0.4 is 10.1 Å². The Morgan fingerprint density at radius 1 is 1.25 bits per heavy atom. The summed E-state index contributed by atoms with van der Waals surface area (Å²) in [6.45, 7) is 9.86. The smallest absolute Gasteiger partial charge is 0.213 e. The molecule has 0 fully saturated rings. The Bertz CT molecular complexity index is 386. The van der Waals surface area contributed by atoms with Crippen molar-refractivity contribution >= 4 is 11.6 Å². The third kappa shape index (κ3) is 7.08. The van der Waals surface area contributed by atoms with Crippen molar-refractivity contribution in [3.63, 3.8) is 0 Å². The maximum Gasteiger partial charge on any atom is 0.213 e. The molecule has 0 saturated carbocycles. The number of nitrogens with zero attached hydrogens (tertiary/aromatic N) is 1. The molecule has 0 amide bonds. The van der Waals surface area contributed by atoms with Crippen LogP contribution in [0.15, 0.2) is 12.1 Å². The van der Waals surface area contributed by atoms with Crippen molar-refractivity contribution in [2.24, 2.45) is 5.92 Å². The van der Waals surface area contributed by atoms with E-state index in [9.17, 15) is 0 Å². The first-order valence-electron chi connectivity index (χ1n) is 7.20. The molecule has 0 saturated heterocycles. The summed E-state index contributed by atoms with van der Waals surface area (Å²) < 4.78 is 10.9. The highest BCUT2D eigenvalue weighted by atomic mass is 35.5. The van der Waals surface area contributed by atoms with Crippen molar-refractivity contribution in [3.05, 3.63) is 22.8 Å². The third-order valence-corrected chi connectivity index (χ3v) is 2.91. The predicted octanol–water partition coefficient (Wildman–Crippen LogP) is 3.29. The van der Waals surface area contributed by atoms with Gasteiger partial charge >= 0.3 is 0 Å². The lowest BCUT2D eigenvalue weighted by Crippen LogP contribution is -2.20. The first-order chi connectivity index (χ1) is 9.63. The number of ether oxygens (including phenoxy) is 2. The Morgan fingerprint density at radius 3 is 2.75 bits per heavy atom. The first-order valence-corrected chi connectivity index (χ1v) is 7.58.